The average Bonchev–Trinajstić information content (AvgIpc) is 2.41. The first kappa shape index (κ1) is 14.8. The number of hydrogen-bond donors (Lipinski definition) is 2. The minimum atomic E-state index is -0.921. The first-order valence-corrected chi connectivity index (χ1v) is 7.06. The van der Waals surface area contributed by atoms with Crippen molar-refractivity contribution >= 4 is 11.6 Å². The highest BCUT2D eigenvalue weighted by atomic mass is 19.1. The predicted molar refractivity (Wildman–Crippen MR) is 74.5 cm³/mol. The molecule has 1 saturated carbocycles. The number of nitrogens with one attached hydrogen (secondary N) is 1. The van der Waals surface area contributed by atoms with Crippen LogP contribution in [0.15, 0.2) is 12.1 Å². The standard InChI is InChI=1S/C15H20F2N2O/c1-2-9-4-3-5-10(6-9)19-14-7-11(15(18)20)12(16)8-13(14)17/h7-10,19H,2-6H2,1H3,(H2,18,20). The van der Waals surface area contributed by atoms with Crippen LogP contribution in [0, 0.1) is 17.6 Å². The maximum absolute atomic E-state index is 13.8. The van der Waals surface area contributed by atoms with Crippen molar-refractivity contribution in [3.63, 3.8) is 0 Å². The number of carbonyl (C=O) groups excluding carboxylic acids is 1. The van der Waals surface area contributed by atoms with Gasteiger partial charge in [-0.15, -0.1) is 0 Å². The van der Waals surface area contributed by atoms with E-state index >= 15 is 0 Å². The maximum Gasteiger partial charge on any atom is 0.251 e. The number of hydrogen-bond acceptors (Lipinski definition) is 2. The van der Waals surface area contributed by atoms with Crippen molar-refractivity contribution in [2.24, 2.45) is 11.7 Å². The molecular weight excluding hydrogens is 262 g/mol. The lowest BCUT2D eigenvalue weighted by Crippen LogP contribution is -2.27. The molecule has 2 atom stereocenters. The highest BCUT2D eigenvalue weighted by Crippen LogP contribution is 2.30. The van der Waals surface area contributed by atoms with E-state index < -0.39 is 17.5 Å². The summed E-state index contributed by atoms with van der Waals surface area (Å²) < 4.78 is 27.2. The van der Waals surface area contributed by atoms with E-state index in [1.807, 2.05) is 0 Å². The monoisotopic (exact) mass is 282 g/mol. The second kappa shape index (κ2) is 6.20. The van der Waals surface area contributed by atoms with Gasteiger partial charge >= 0.3 is 0 Å². The van der Waals surface area contributed by atoms with Crippen LogP contribution in [0.3, 0.4) is 0 Å². The molecule has 0 heterocycles. The second-order valence-electron chi connectivity index (χ2n) is 5.46. The Labute approximate surface area is 117 Å². The third-order valence-corrected chi connectivity index (χ3v) is 4.04. The van der Waals surface area contributed by atoms with Crippen LogP contribution >= 0.6 is 0 Å². The Bertz CT molecular complexity index is 505. The summed E-state index contributed by atoms with van der Waals surface area (Å²) in [4.78, 5) is 11.1. The predicted octanol–water partition coefficient (Wildman–Crippen LogP) is 3.44. The Morgan fingerprint density at radius 1 is 1.35 bits per heavy atom. The third kappa shape index (κ3) is 3.26. The van der Waals surface area contributed by atoms with Gasteiger partial charge in [-0.25, -0.2) is 8.78 Å². The van der Waals surface area contributed by atoms with Gasteiger partial charge in [-0.3, -0.25) is 4.79 Å². The van der Waals surface area contributed by atoms with Gasteiger partial charge in [0.1, 0.15) is 11.6 Å². The molecular formula is C15H20F2N2O. The van der Waals surface area contributed by atoms with Crippen LogP contribution in [0.4, 0.5) is 14.5 Å². The summed E-state index contributed by atoms with van der Waals surface area (Å²) in [5.41, 5.74) is 4.95. The SMILES string of the molecule is CCC1CCCC(Nc2cc(C(N)=O)c(F)cc2F)C1. The van der Waals surface area contributed by atoms with Gasteiger partial charge in [0.05, 0.1) is 11.3 Å². The van der Waals surface area contributed by atoms with E-state index in [1.54, 1.807) is 0 Å². The van der Waals surface area contributed by atoms with Gasteiger partial charge in [0.25, 0.3) is 5.91 Å². The number of primary amides is 1. The highest BCUT2D eigenvalue weighted by Gasteiger charge is 2.22. The molecule has 1 aliphatic rings. The van der Waals surface area contributed by atoms with Crippen molar-refractivity contribution in [3.05, 3.63) is 29.3 Å². The molecule has 0 aliphatic heterocycles. The molecule has 1 amide bonds. The molecule has 3 N–H and O–H groups in total. The fraction of sp³-hybridized carbons (Fsp3) is 0.533. The van der Waals surface area contributed by atoms with Crippen molar-refractivity contribution in [2.75, 3.05) is 5.32 Å². The van der Waals surface area contributed by atoms with Gasteiger partial charge in [0.15, 0.2) is 0 Å². The zero-order chi connectivity index (χ0) is 14.7. The minimum Gasteiger partial charge on any atom is -0.380 e. The second-order valence-corrected chi connectivity index (χ2v) is 5.46. The van der Waals surface area contributed by atoms with Gasteiger partial charge in [-0.05, 0) is 24.8 Å². The highest BCUT2D eigenvalue weighted by molar-refractivity contribution is 5.94. The van der Waals surface area contributed by atoms with E-state index in [0.29, 0.717) is 12.0 Å². The molecule has 0 bridgehead atoms. The maximum atomic E-state index is 13.8. The topological polar surface area (TPSA) is 55.1 Å². The van der Waals surface area contributed by atoms with Gasteiger partial charge in [-0.2, -0.15) is 0 Å². The number of amides is 1. The van der Waals surface area contributed by atoms with Crippen LogP contribution in [0.25, 0.3) is 0 Å². The molecule has 110 valence electrons. The number of benzene rings is 1. The normalized spacial score (nSPS) is 22.6. The molecule has 1 aromatic carbocycles. The Morgan fingerprint density at radius 2 is 2.10 bits per heavy atom. The van der Waals surface area contributed by atoms with Crippen LogP contribution in [0.2, 0.25) is 0 Å². The van der Waals surface area contributed by atoms with Gasteiger partial charge in [0, 0.05) is 12.1 Å². The van der Waals surface area contributed by atoms with Crippen LogP contribution in [-0.4, -0.2) is 11.9 Å². The van der Waals surface area contributed by atoms with Crippen molar-refractivity contribution in [3.8, 4) is 0 Å². The van der Waals surface area contributed by atoms with Crippen molar-refractivity contribution in [1.82, 2.24) is 0 Å². The molecule has 0 radical (unpaired) electrons. The average molecular weight is 282 g/mol. The molecule has 1 fully saturated rings. The molecule has 20 heavy (non-hydrogen) atoms. The van der Waals surface area contributed by atoms with Gasteiger partial charge in [-0.1, -0.05) is 26.2 Å². The van der Waals surface area contributed by atoms with Gasteiger partial charge in [0.2, 0.25) is 0 Å². The lowest BCUT2D eigenvalue weighted by Gasteiger charge is -2.30. The summed E-state index contributed by atoms with van der Waals surface area (Å²) in [7, 11) is 0. The summed E-state index contributed by atoms with van der Waals surface area (Å²) >= 11 is 0. The molecule has 0 saturated heterocycles. The summed E-state index contributed by atoms with van der Waals surface area (Å²) in [6, 6.07) is 2.04. The number of carbonyl (C=O) groups is 1. The van der Waals surface area contributed by atoms with Crippen LogP contribution < -0.4 is 11.1 Å². The zero-order valence-electron chi connectivity index (χ0n) is 11.6. The number of halogens is 2. The van der Waals surface area contributed by atoms with E-state index in [9.17, 15) is 13.6 Å². The Balaban J connectivity index is 2.16. The molecule has 1 aliphatic carbocycles. The largest absolute Gasteiger partial charge is 0.380 e. The van der Waals surface area contributed by atoms with Crippen molar-refractivity contribution < 1.29 is 13.6 Å². The van der Waals surface area contributed by atoms with E-state index in [-0.39, 0.29) is 17.3 Å². The number of rotatable bonds is 4. The lowest BCUT2D eigenvalue weighted by atomic mass is 9.84. The number of anilines is 1. The van der Waals surface area contributed by atoms with E-state index in [2.05, 4.69) is 12.2 Å². The first-order chi connectivity index (χ1) is 9.51. The van der Waals surface area contributed by atoms with E-state index in [4.69, 9.17) is 5.73 Å². The first-order valence-electron chi connectivity index (χ1n) is 7.06. The lowest BCUT2D eigenvalue weighted by molar-refractivity contribution is 0.0996. The molecule has 2 unspecified atom stereocenters. The number of nitrogens with two attached hydrogens (primary N) is 1. The molecule has 5 heteroatoms. The molecule has 1 aromatic rings. The van der Waals surface area contributed by atoms with Crippen LogP contribution in [-0.2, 0) is 0 Å². The molecule has 2 rings (SSSR count). The summed E-state index contributed by atoms with van der Waals surface area (Å²) in [6.45, 7) is 2.15. The third-order valence-electron chi connectivity index (χ3n) is 4.04. The van der Waals surface area contributed by atoms with Crippen LogP contribution in [0.1, 0.15) is 49.4 Å². The minimum absolute atomic E-state index is 0.155. The summed E-state index contributed by atoms with van der Waals surface area (Å²) in [6.07, 6.45) is 5.34. The summed E-state index contributed by atoms with van der Waals surface area (Å²) in [5.74, 6) is -1.86. The van der Waals surface area contributed by atoms with Crippen LogP contribution in [0.5, 0.6) is 0 Å². The fourth-order valence-corrected chi connectivity index (χ4v) is 2.86. The zero-order valence-corrected chi connectivity index (χ0v) is 11.6. The smallest absolute Gasteiger partial charge is 0.251 e. The Kier molecular flexibility index (Phi) is 4.57. The van der Waals surface area contributed by atoms with Crippen molar-refractivity contribution in [1.29, 1.82) is 0 Å². The molecule has 0 aromatic heterocycles. The summed E-state index contributed by atoms with van der Waals surface area (Å²) in [5, 5.41) is 3.09. The van der Waals surface area contributed by atoms with Gasteiger partial charge < -0.3 is 11.1 Å². The van der Waals surface area contributed by atoms with E-state index in [1.165, 1.54) is 12.5 Å². The van der Waals surface area contributed by atoms with E-state index in [0.717, 1.165) is 25.7 Å². The van der Waals surface area contributed by atoms with Crippen molar-refractivity contribution in [2.45, 2.75) is 45.1 Å². The molecule has 0 spiro atoms. The Morgan fingerprint density at radius 3 is 2.75 bits per heavy atom. The Hall–Kier alpha value is -1.65. The fourth-order valence-electron chi connectivity index (χ4n) is 2.86. The quantitative estimate of drug-likeness (QED) is 0.888. The molecule has 3 nitrogen and oxygen atoms in total.